The van der Waals surface area contributed by atoms with Gasteiger partial charge in [-0.15, -0.1) is 0 Å². The minimum atomic E-state index is 0.671. The van der Waals surface area contributed by atoms with Crippen LogP contribution >= 0.6 is 0 Å². The summed E-state index contributed by atoms with van der Waals surface area (Å²) < 4.78 is 6.69. The van der Waals surface area contributed by atoms with E-state index in [-0.39, 0.29) is 0 Å². The Labute approximate surface area is 180 Å². The summed E-state index contributed by atoms with van der Waals surface area (Å²) in [4.78, 5) is 3.64. The Morgan fingerprint density at radius 2 is 1.61 bits per heavy atom. The first-order valence-corrected chi connectivity index (χ1v) is 10.3. The van der Waals surface area contributed by atoms with Crippen LogP contribution in [0.5, 0.6) is 0 Å². The lowest BCUT2D eigenvalue weighted by Gasteiger charge is -2.03. The van der Waals surface area contributed by atoms with E-state index in [0.717, 1.165) is 29.3 Å². The predicted molar refractivity (Wildman–Crippen MR) is 122 cm³/mol. The molecule has 0 unspecified atom stereocenters. The van der Waals surface area contributed by atoms with Crippen molar-refractivity contribution in [1.82, 2.24) is 9.13 Å². The van der Waals surface area contributed by atoms with Crippen LogP contribution in [0.1, 0.15) is 5.56 Å². The molecule has 0 saturated heterocycles. The van der Waals surface area contributed by atoms with Gasteiger partial charge in [0.25, 0.3) is 5.82 Å². The van der Waals surface area contributed by atoms with E-state index in [1.54, 1.807) is 0 Å². The molecule has 31 heavy (non-hydrogen) atoms. The molecule has 2 aromatic heterocycles. The van der Waals surface area contributed by atoms with Crippen LogP contribution in [0, 0.1) is 6.57 Å². The SMILES string of the molecule is [C-]#[N+]c1ccc2c(c1)-c1n(-c3cn(-c4ccccc4)cc3-c3ccccc3)cc[n+]1C2. The van der Waals surface area contributed by atoms with Crippen LogP contribution in [0.3, 0.4) is 0 Å². The maximum atomic E-state index is 7.42. The summed E-state index contributed by atoms with van der Waals surface area (Å²) in [6.07, 6.45) is 8.64. The van der Waals surface area contributed by atoms with Crippen LogP contribution in [-0.2, 0) is 6.54 Å². The smallest absolute Gasteiger partial charge is 0.293 e. The summed E-state index contributed by atoms with van der Waals surface area (Å²) in [6.45, 7) is 8.25. The van der Waals surface area contributed by atoms with Gasteiger partial charge in [-0.2, -0.15) is 4.57 Å². The fourth-order valence-corrected chi connectivity index (χ4v) is 4.42. The molecule has 1 aliphatic heterocycles. The third kappa shape index (κ3) is 2.79. The Bertz CT molecular complexity index is 1450. The lowest BCUT2D eigenvalue weighted by atomic mass is 10.1. The van der Waals surface area contributed by atoms with Crippen molar-refractivity contribution in [3.8, 4) is 33.9 Å². The Balaban J connectivity index is 1.59. The second-order valence-corrected chi connectivity index (χ2v) is 7.74. The molecule has 0 radical (unpaired) electrons. The molecule has 0 atom stereocenters. The number of para-hydroxylation sites is 1. The molecular weight excluding hydrogens is 380 g/mol. The van der Waals surface area contributed by atoms with E-state index in [1.165, 1.54) is 16.7 Å². The standard InChI is InChI=1S/C27H19N4/c1-28-22-13-12-21-17-29-14-15-31(27(29)24(21)16-22)26-19-30(23-10-6-3-7-11-23)18-25(26)20-8-4-2-5-9-20/h2-16,18-19H,17H2/q+1. The van der Waals surface area contributed by atoms with Crippen molar-refractivity contribution in [3.05, 3.63) is 121 Å². The van der Waals surface area contributed by atoms with E-state index in [4.69, 9.17) is 6.57 Å². The fraction of sp³-hybridized carbons (Fsp3) is 0.0370. The average Bonchev–Trinajstić information content (AvgIpc) is 3.53. The van der Waals surface area contributed by atoms with Gasteiger partial charge < -0.3 is 4.57 Å². The van der Waals surface area contributed by atoms with E-state index in [0.29, 0.717) is 5.69 Å². The summed E-state index contributed by atoms with van der Waals surface area (Å²) >= 11 is 0. The van der Waals surface area contributed by atoms with Gasteiger partial charge in [0, 0.05) is 23.0 Å². The molecule has 4 nitrogen and oxygen atoms in total. The Hall–Kier alpha value is -4.36. The quantitative estimate of drug-likeness (QED) is 0.264. The van der Waals surface area contributed by atoms with Crippen molar-refractivity contribution >= 4 is 5.69 Å². The third-order valence-corrected chi connectivity index (χ3v) is 5.90. The van der Waals surface area contributed by atoms with Crippen LogP contribution in [0.25, 0.3) is 38.7 Å². The fourth-order valence-electron chi connectivity index (χ4n) is 4.42. The second kappa shape index (κ2) is 6.86. The van der Waals surface area contributed by atoms with Gasteiger partial charge in [0.05, 0.1) is 18.3 Å². The highest BCUT2D eigenvalue weighted by Crippen LogP contribution is 2.36. The third-order valence-electron chi connectivity index (χ3n) is 5.90. The number of hydrogen-bond acceptors (Lipinski definition) is 0. The topological polar surface area (TPSA) is 18.1 Å². The number of fused-ring (bicyclic) bond motifs is 3. The van der Waals surface area contributed by atoms with Gasteiger partial charge in [-0.1, -0.05) is 60.7 Å². The van der Waals surface area contributed by atoms with Gasteiger partial charge in [-0.05, 0) is 23.8 Å². The zero-order valence-electron chi connectivity index (χ0n) is 16.8. The molecule has 146 valence electrons. The lowest BCUT2D eigenvalue weighted by Crippen LogP contribution is -2.29. The Morgan fingerprint density at radius 1 is 0.839 bits per heavy atom. The zero-order chi connectivity index (χ0) is 20.8. The van der Waals surface area contributed by atoms with Crippen molar-refractivity contribution in [2.24, 2.45) is 0 Å². The van der Waals surface area contributed by atoms with E-state index < -0.39 is 0 Å². The van der Waals surface area contributed by atoms with Crippen LogP contribution in [0.4, 0.5) is 5.69 Å². The van der Waals surface area contributed by atoms with Crippen LogP contribution < -0.4 is 4.57 Å². The molecule has 5 aromatic rings. The van der Waals surface area contributed by atoms with Gasteiger partial charge in [-0.25, -0.2) is 9.41 Å². The first kappa shape index (κ1) is 17.5. The van der Waals surface area contributed by atoms with Crippen molar-refractivity contribution in [3.63, 3.8) is 0 Å². The summed E-state index contributed by atoms with van der Waals surface area (Å²) in [5.74, 6) is 1.11. The molecule has 0 N–H and O–H groups in total. The predicted octanol–water partition coefficient (Wildman–Crippen LogP) is 5.80. The summed E-state index contributed by atoms with van der Waals surface area (Å²) in [5.41, 5.74) is 7.63. The van der Waals surface area contributed by atoms with E-state index in [9.17, 15) is 0 Å². The molecule has 0 fully saturated rings. The summed E-state index contributed by atoms with van der Waals surface area (Å²) in [5, 5.41) is 0. The van der Waals surface area contributed by atoms with Gasteiger partial charge in [0.15, 0.2) is 11.4 Å². The van der Waals surface area contributed by atoms with E-state index in [1.807, 2.05) is 24.3 Å². The van der Waals surface area contributed by atoms with Crippen LogP contribution in [0.15, 0.2) is 104 Å². The van der Waals surface area contributed by atoms with Crippen LogP contribution in [-0.4, -0.2) is 9.13 Å². The molecule has 6 rings (SSSR count). The van der Waals surface area contributed by atoms with Gasteiger partial charge >= 0.3 is 0 Å². The lowest BCUT2D eigenvalue weighted by molar-refractivity contribution is -0.671. The highest BCUT2D eigenvalue weighted by molar-refractivity contribution is 5.76. The molecular formula is C27H19N4+. The number of hydrogen-bond donors (Lipinski definition) is 0. The molecule has 0 spiro atoms. The normalized spacial score (nSPS) is 11.7. The molecule has 0 bridgehead atoms. The molecule has 3 heterocycles. The molecule has 0 amide bonds. The van der Waals surface area contributed by atoms with Gasteiger partial charge in [0.1, 0.15) is 18.9 Å². The molecule has 4 heteroatoms. The van der Waals surface area contributed by atoms with Crippen molar-refractivity contribution < 1.29 is 4.57 Å². The van der Waals surface area contributed by atoms with Gasteiger partial charge in [-0.3, -0.25) is 0 Å². The highest BCUT2D eigenvalue weighted by Gasteiger charge is 2.31. The maximum absolute atomic E-state index is 7.42. The number of imidazole rings is 1. The molecule has 0 saturated carbocycles. The largest absolute Gasteiger partial charge is 0.319 e. The minimum Gasteiger partial charge on any atom is -0.319 e. The van der Waals surface area contributed by atoms with Crippen LogP contribution in [0.2, 0.25) is 0 Å². The second-order valence-electron chi connectivity index (χ2n) is 7.74. The monoisotopic (exact) mass is 399 g/mol. The summed E-state index contributed by atoms with van der Waals surface area (Å²) in [7, 11) is 0. The number of nitrogens with zero attached hydrogens (tertiary/aromatic N) is 4. The highest BCUT2D eigenvalue weighted by atomic mass is 15.2. The van der Waals surface area contributed by atoms with Crippen molar-refractivity contribution in [2.75, 3.05) is 0 Å². The maximum Gasteiger partial charge on any atom is 0.293 e. The first-order valence-electron chi connectivity index (χ1n) is 10.3. The van der Waals surface area contributed by atoms with Crippen molar-refractivity contribution in [2.45, 2.75) is 6.54 Å². The van der Waals surface area contributed by atoms with Gasteiger partial charge in [0.2, 0.25) is 0 Å². The molecule has 0 aliphatic carbocycles. The summed E-state index contributed by atoms with van der Waals surface area (Å²) in [6, 6.07) is 26.9. The zero-order valence-corrected chi connectivity index (χ0v) is 16.8. The number of benzene rings is 3. The first-order chi connectivity index (χ1) is 15.3. The van der Waals surface area contributed by atoms with E-state index >= 15 is 0 Å². The minimum absolute atomic E-state index is 0.671. The average molecular weight is 399 g/mol. The van der Waals surface area contributed by atoms with E-state index in [2.05, 4.69) is 97.9 Å². The van der Waals surface area contributed by atoms with Crippen molar-refractivity contribution in [1.29, 1.82) is 0 Å². The molecule has 3 aromatic carbocycles. The number of rotatable bonds is 3. The Morgan fingerprint density at radius 3 is 2.39 bits per heavy atom. The molecule has 1 aliphatic rings. The Kier molecular flexibility index (Phi) is 3.87. The number of aromatic nitrogens is 3.